The normalized spacial score (nSPS) is 24.1. The molecule has 0 aliphatic heterocycles. The molecule has 1 aromatic heterocycles. The van der Waals surface area contributed by atoms with Crippen LogP contribution < -0.4 is 0 Å². The SMILES string of the molecule is Cc1c(C2CCC(c3ccccc3)(N(C)C)CC2)[nH]c2ccccc12. The molecule has 2 aromatic carbocycles. The van der Waals surface area contributed by atoms with Crippen LogP contribution in [-0.4, -0.2) is 24.0 Å². The van der Waals surface area contributed by atoms with Gasteiger partial charge in [-0.3, -0.25) is 4.90 Å². The highest BCUT2D eigenvalue weighted by Crippen LogP contribution is 2.46. The Labute approximate surface area is 150 Å². The van der Waals surface area contributed by atoms with Gasteiger partial charge in [-0.05, 0) is 69.8 Å². The fourth-order valence-corrected chi connectivity index (χ4v) is 4.84. The average Bonchev–Trinajstić information content (AvgIpc) is 2.99. The van der Waals surface area contributed by atoms with Crippen molar-refractivity contribution in [3.05, 3.63) is 71.4 Å². The summed E-state index contributed by atoms with van der Waals surface area (Å²) in [6.45, 7) is 2.28. The summed E-state index contributed by atoms with van der Waals surface area (Å²) < 4.78 is 0. The molecule has 3 aromatic rings. The van der Waals surface area contributed by atoms with Gasteiger partial charge in [0.1, 0.15) is 0 Å². The molecule has 0 unspecified atom stereocenters. The van der Waals surface area contributed by atoms with E-state index in [9.17, 15) is 0 Å². The number of H-pyrrole nitrogens is 1. The summed E-state index contributed by atoms with van der Waals surface area (Å²) in [7, 11) is 4.48. The Bertz CT molecular complexity index is 852. The van der Waals surface area contributed by atoms with E-state index < -0.39 is 0 Å². The summed E-state index contributed by atoms with van der Waals surface area (Å²) in [4.78, 5) is 6.16. The van der Waals surface area contributed by atoms with Gasteiger partial charge < -0.3 is 4.98 Å². The van der Waals surface area contributed by atoms with Crippen LogP contribution in [0, 0.1) is 6.92 Å². The number of aromatic nitrogens is 1. The second kappa shape index (κ2) is 6.34. The molecule has 0 atom stereocenters. The molecular weight excluding hydrogens is 304 g/mol. The predicted octanol–water partition coefficient (Wildman–Crippen LogP) is 5.59. The van der Waals surface area contributed by atoms with E-state index in [1.165, 1.54) is 53.4 Å². The van der Waals surface area contributed by atoms with Gasteiger partial charge in [-0.15, -0.1) is 0 Å². The van der Waals surface area contributed by atoms with Crippen LogP contribution in [0.3, 0.4) is 0 Å². The maximum absolute atomic E-state index is 3.72. The van der Waals surface area contributed by atoms with Crippen LogP contribution in [0.15, 0.2) is 54.6 Å². The number of para-hydroxylation sites is 1. The molecule has 0 radical (unpaired) electrons. The second-order valence-corrected chi connectivity index (χ2v) is 7.78. The van der Waals surface area contributed by atoms with E-state index in [0.717, 1.165) is 0 Å². The van der Waals surface area contributed by atoms with Crippen molar-refractivity contribution in [3.63, 3.8) is 0 Å². The Balaban J connectivity index is 1.62. The fraction of sp³-hybridized carbons (Fsp3) is 0.391. The lowest BCUT2D eigenvalue weighted by Gasteiger charge is -2.45. The van der Waals surface area contributed by atoms with Crippen molar-refractivity contribution in [3.8, 4) is 0 Å². The molecule has 1 N–H and O–H groups in total. The molecule has 0 bridgehead atoms. The highest BCUT2D eigenvalue weighted by atomic mass is 15.1. The summed E-state index contributed by atoms with van der Waals surface area (Å²) >= 11 is 0. The number of aromatic amines is 1. The van der Waals surface area contributed by atoms with Crippen LogP contribution in [0.25, 0.3) is 10.9 Å². The number of nitrogens with zero attached hydrogens (tertiary/aromatic N) is 1. The summed E-state index contributed by atoms with van der Waals surface area (Å²) in [5.74, 6) is 0.643. The first-order valence-electron chi connectivity index (χ1n) is 9.42. The molecule has 2 heteroatoms. The molecule has 130 valence electrons. The third-order valence-corrected chi connectivity index (χ3v) is 6.39. The van der Waals surface area contributed by atoms with Gasteiger partial charge in [0, 0.05) is 22.1 Å². The maximum atomic E-state index is 3.72. The Hall–Kier alpha value is -2.06. The van der Waals surface area contributed by atoms with E-state index in [-0.39, 0.29) is 5.54 Å². The highest BCUT2D eigenvalue weighted by molar-refractivity contribution is 5.84. The Morgan fingerprint density at radius 3 is 2.20 bits per heavy atom. The standard InChI is InChI=1S/C23H28N2/c1-17-20-11-7-8-12-21(20)24-22(17)18-13-15-23(16-14-18,25(2)3)19-9-5-4-6-10-19/h4-12,18,24H,13-16H2,1-3H3. The van der Waals surface area contributed by atoms with E-state index in [1.54, 1.807) is 0 Å². The number of nitrogens with one attached hydrogen (secondary N) is 1. The number of hydrogen-bond donors (Lipinski definition) is 1. The van der Waals surface area contributed by atoms with Crippen LogP contribution in [0.4, 0.5) is 0 Å². The first kappa shape index (κ1) is 16.4. The quantitative estimate of drug-likeness (QED) is 0.662. The van der Waals surface area contributed by atoms with E-state index in [4.69, 9.17) is 0 Å². The van der Waals surface area contributed by atoms with Crippen LogP contribution in [0.1, 0.15) is 48.4 Å². The summed E-state index contributed by atoms with van der Waals surface area (Å²) in [6, 6.07) is 19.8. The summed E-state index contributed by atoms with van der Waals surface area (Å²) in [5.41, 5.74) is 5.83. The number of hydrogen-bond acceptors (Lipinski definition) is 1. The van der Waals surface area contributed by atoms with Crippen molar-refractivity contribution < 1.29 is 0 Å². The number of rotatable bonds is 3. The minimum atomic E-state index is 0.178. The molecule has 1 aliphatic carbocycles. The summed E-state index contributed by atoms with van der Waals surface area (Å²) in [6.07, 6.45) is 4.90. The maximum Gasteiger partial charge on any atom is 0.0458 e. The largest absolute Gasteiger partial charge is 0.358 e. The lowest BCUT2D eigenvalue weighted by molar-refractivity contribution is 0.0904. The van der Waals surface area contributed by atoms with E-state index >= 15 is 0 Å². The van der Waals surface area contributed by atoms with Crippen molar-refractivity contribution in [2.75, 3.05) is 14.1 Å². The van der Waals surface area contributed by atoms with Crippen molar-refractivity contribution >= 4 is 10.9 Å². The molecule has 2 nitrogen and oxygen atoms in total. The average molecular weight is 332 g/mol. The van der Waals surface area contributed by atoms with Crippen LogP contribution in [-0.2, 0) is 5.54 Å². The van der Waals surface area contributed by atoms with Gasteiger partial charge in [-0.25, -0.2) is 0 Å². The summed E-state index contributed by atoms with van der Waals surface area (Å²) in [5, 5.41) is 1.38. The minimum absolute atomic E-state index is 0.178. The van der Waals surface area contributed by atoms with Crippen LogP contribution >= 0.6 is 0 Å². The number of benzene rings is 2. The topological polar surface area (TPSA) is 19.0 Å². The molecule has 4 rings (SSSR count). The van der Waals surface area contributed by atoms with Crippen molar-refractivity contribution in [1.82, 2.24) is 9.88 Å². The molecule has 0 spiro atoms. The molecule has 1 fully saturated rings. The van der Waals surface area contributed by atoms with Gasteiger partial charge in [-0.1, -0.05) is 48.5 Å². The number of fused-ring (bicyclic) bond motifs is 1. The molecule has 0 amide bonds. The van der Waals surface area contributed by atoms with Crippen molar-refractivity contribution in [2.24, 2.45) is 0 Å². The zero-order valence-corrected chi connectivity index (χ0v) is 15.5. The van der Waals surface area contributed by atoms with Crippen molar-refractivity contribution in [1.29, 1.82) is 0 Å². The lowest BCUT2D eigenvalue weighted by atomic mass is 9.71. The Morgan fingerprint density at radius 1 is 0.920 bits per heavy atom. The minimum Gasteiger partial charge on any atom is -0.358 e. The number of aryl methyl sites for hydroxylation is 1. The third-order valence-electron chi connectivity index (χ3n) is 6.39. The zero-order valence-electron chi connectivity index (χ0n) is 15.5. The molecule has 25 heavy (non-hydrogen) atoms. The van der Waals surface area contributed by atoms with Gasteiger partial charge in [0.2, 0.25) is 0 Å². The van der Waals surface area contributed by atoms with Gasteiger partial charge in [-0.2, -0.15) is 0 Å². The smallest absolute Gasteiger partial charge is 0.0458 e. The van der Waals surface area contributed by atoms with Crippen molar-refractivity contribution in [2.45, 2.75) is 44.1 Å². The molecule has 1 heterocycles. The first-order chi connectivity index (χ1) is 12.1. The first-order valence-corrected chi connectivity index (χ1v) is 9.42. The Morgan fingerprint density at radius 2 is 1.56 bits per heavy atom. The van der Waals surface area contributed by atoms with E-state index in [0.29, 0.717) is 5.92 Å². The Kier molecular flexibility index (Phi) is 4.16. The van der Waals surface area contributed by atoms with E-state index in [2.05, 4.69) is 85.5 Å². The highest BCUT2D eigenvalue weighted by Gasteiger charge is 2.39. The molecule has 1 aliphatic rings. The molecule has 0 saturated heterocycles. The predicted molar refractivity (Wildman–Crippen MR) is 106 cm³/mol. The molecular formula is C23H28N2. The zero-order chi connectivity index (χ0) is 17.4. The van der Waals surface area contributed by atoms with Gasteiger partial charge in [0.05, 0.1) is 0 Å². The fourth-order valence-electron chi connectivity index (χ4n) is 4.84. The van der Waals surface area contributed by atoms with Gasteiger partial charge >= 0.3 is 0 Å². The third kappa shape index (κ3) is 2.69. The van der Waals surface area contributed by atoms with Gasteiger partial charge in [0.15, 0.2) is 0 Å². The van der Waals surface area contributed by atoms with Crippen LogP contribution in [0.5, 0.6) is 0 Å². The van der Waals surface area contributed by atoms with E-state index in [1.807, 2.05) is 0 Å². The van der Waals surface area contributed by atoms with Crippen LogP contribution in [0.2, 0.25) is 0 Å². The van der Waals surface area contributed by atoms with Gasteiger partial charge in [0.25, 0.3) is 0 Å². The lowest BCUT2D eigenvalue weighted by Crippen LogP contribution is -2.44. The molecule has 1 saturated carbocycles. The monoisotopic (exact) mass is 332 g/mol. The second-order valence-electron chi connectivity index (χ2n) is 7.78.